The Morgan fingerprint density at radius 2 is 2.07 bits per heavy atom. The molecule has 0 unspecified atom stereocenters. The van der Waals surface area contributed by atoms with Gasteiger partial charge in [-0.1, -0.05) is 30.0 Å². The van der Waals surface area contributed by atoms with E-state index in [-0.39, 0.29) is 11.5 Å². The van der Waals surface area contributed by atoms with E-state index in [9.17, 15) is 9.59 Å². The first-order valence-corrected chi connectivity index (χ1v) is 10.3. The standard InChI is InChI=1S/C19H20N4O3S2/c1-3-22-18(25)14(28-19(22)27)11-13-16(21-7-9-26-10-8-21)20-15-12(2)5-4-6-23(15)17(13)24/h4-6,11H,3,7-10H2,1-2H3/b14-11+. The highest BCUT2D eigenvalue weighted by Gasteiger charge is 2.32. The number of thiocarbonyl (C=S) groups is 1. The van der Waals surface area contributed by atoms with Crippen LogP contribution in [-0.4, -0.2) is 57.4 Å². The van der Waals surface area contributed by atoms with Gasteiger partial charge < -0.3 is 9.64 Å². The molecule has 4 rings (SSSR count). The summed E-state index contributed by atoms with van der Waals surface area (Å²) in [5.41, 5.74) is 1.74. The fourth-order valence-corrected chi connectivity index (χ4v) is 4.71. The maximum absolute atomic E-state index is 13.3. The van der Waals surface area contributed by atoms with Gasteiger partial charge in [0.1, 0.15) is 15.8 Å². The molecule has 0 spiro atoms. The Balaban J connectivity index is 1.92. The number of amides is 1. The van der Waals surface area contributed by atoms with Gasteiger partial charge in [-0.3, -0.25) is 18.9 Å². The van der Waals surface area contributed by atoms with Crippen LogP contribution in [0.5, 0.6) is 0 Å². The summed E-state index contributed by atoms with van der Waals surface area (Å²) in [5.74, 6) is 0.420. The lowest BCUT2D eigenvalue weighted by molar-refractivity contribution is -0.121. The number of thioether (sulfide) groups is 1. The number of aryl methyl sites for hydroxylation is 1. The smallest absolute Gasteiger partial charge is 0.267 e. The third kappa shape index (κ3) is 3.23. The second-order valence-electron chi connectivity index (χ2n) is 6.56. The van der Waals surface area contributed by atoms with Crippen molar-refractivity contribution in [2.24, 2.45) is 0 Å². The van der Waals surface area contributed by atoms with Crippen LogP contribution >= 0.6 is 24.0 Å². The van der Waals surface area contributed by atoms with Crippen LogP contribution in [0.15, 0.2) is 28.0 Å². The topological polar surface area (TPSA) is 67.2 Å². The number of pyridine rings is 1. The Bertz CT molecular complexity index is 1060. The van der Waals surface area contributed by atoms with Crippen molar-refractivity contribution in [2.75, 3.05) is 37.7 Å². The van der Waals surface area contributed by atoms with E-state index >= 15 is 0 Å². The number of hydrogen-bond acceptors (Lipinski definition) is 7. The van der Waals surface area contributed by atoms with Crippen molar-refractivity contribution in [1.82, 2.24) is 14.3 Å². The second-order valence-corrected chi connectivity index (χ2v) is 8.24. The number of fused-ring (bicyclic) bond motifs is 1. The van der Waals surface area contributed by atoms with Crippen LogP contribution in [0.1, 0.15) is 18.1 Å². The molecule has 2 aromatic rings. The summed E-state index contributed by atoms with van der Waals surface area (Å²) in [6, 6.07) is 3.75. The third-order valence-corrected chi connectivity index (χ3v) is 6.22. The van der Waals surface area contributed by atoms with Crippen LogP contribution in [0.3, 0.4) is 0 Å². The van der Waals surface area contributed by atoms with E-state index < -0.39 is 0 Å². The Morgan fingerprint density at radius 3 is 2.75 bits per heavy atom. The summed E-state index contributed by atoms with van der Waals surface area (Å²) in [4.78, 5) is 34.8. The van der Waals surface area contributed by atoms with E-state index in [4.69, 9.17) is 21.9 Å². The molecule has 146 valence electrons. The van der Waals surface area contributed by atoms with Gasteiger partial charge in [0.25, 0.3) is 11.5 Å². The van der Waals surface area contributed by atoms with Gasteiger partial charge in [-0.2, -0.15) is 0 Å². The SMILES string of the molecule is CCN1C(=O)/C(=C\c2c(N3CCOCC3)nc3c(C)cccn3c2=O)SC1=S. The quantitative estimate of drug-likeness (QED) is 0.560. The predicted octanol–water partition coefficient (Wildman–Crippen LogP) is 2.06. The van der Waals surface area contributed by atoms with E-state index in [0.29, 0.717) is 59.1 Å². The van der Waals surface area contributed by atoms with Crippen LogP contribution in [0, 0.1) is 6.92 Å². The molecule has 9 heteroatoms. The fraction of sp³-hybridized carbons (Fsp3) is 0.368. The number of carbonyl (C=O) groups excluding carboxylic acids is 1. The first-order chi connectivity index (χ1) is 13.5. The number of rotatable bonds is 3. The Labute approximate surface area is 172 Å². The minimum atomic E-state index is -0.197. The molecule has 0 saturated carbocycles. The first-order valence-electron chi connectivity index (χ1n) is 9.11. The van der Waals surface area contributed by atoms with E-state index in [1.807, 2.05) is 30.9 Å². The number of nitrogens with zero attached hydrogens (tertiary/aromatic N) is 4. The van der Waals surface area contributed by atoms with E-state index in [1.54, 1.807) is 12.3 Å². The van der Waals surface area contributed by atoms with Gasteiger partial charge in [0, 0.05) is 25.8 Å². The highest BCUT2D eigenvalue weighted by Crippen LogP contribution is 2.33. The molecule has 0 aliphatic carbocycles. The molecule has 2 aromatic heterocycles. The van der Waals surface area contributed by atoms with Crippen molar-refractivity contribution in [2.45, 2.75) is 13.8 Å². The van der Waals surface area contributed by atoms with Gasteiger partial charge >= 0.3 is 0 Å². The molecular formula is C19H20N4O3S2. The minimum Gasteiger partial charge on any atom is -0.378 e. The first kappa shape index (κ1) is 19.1. The van der Waals surface area contributed by atoms with Crippen molar-refractivity contribution >= 4 is 51.7 Å². The second kappa shape index (κ2) is 7.65. The number of ether oxygens (including phenoxy) is 1. The predicted molar refractivity (Wildman–Crippen MR) is 115 cm³/mol. The molecule has 2 aliphatic heterocycles. The number of carbonyl (C=O) groups is 1. The average molecular weight is 417 g/mol. The highest BCUT2D eigenvalue weighted by molar-refractivity contribution is 8.26. The molecule has 2 fully saturated rings. The third-order valence-electron chi connectivity index (χ3n) is 4.84. The molecule has 0 radical (unpaired) electrons. The van der Waals surface area contributed by atoms with Crippen LogP contribution in [0.2, 0.25) is 0 Å². The van der Waals surface area contributed by atoms with Gasteiger partial charge in [0.2, 0.25) is 0 Å². The van der Waals surface area contributed by atoms with Gasteiger partial charge in [0.05, 0.1) is 23.7 Å². The van der Waals surface area contributed by atoms with E-state index in [1.165, 1.54) is 21.1 Å². The van der Waals surface area contributed by atoms with Crippen LogP contribution in [-0.2, 0) is 9.53 Å². The maximum atomic E-state index is 13.3. The number of morpholine rings is 1. The zero-order valence-corrected chi connectivity index (χ0v) is 17.3. The Kier molecular flexibility index (Phi) is 5.22. The summed E-state index contributed by atoms with van der Waals surface area (Å²) in [7, 11) is 0. The van der Waals surface area contributed by atoms with Gasteiger partial charge in [-0.05, 0) is 31.6 Å². The lowest BCUT2D eigenvalue weighted by atomic mass is 10.2. The number of likely N-dealkylation sites (N-methyl/N-ethyl adjacent to an activating group) is 1. The van der Waals surface area contributed by atoms with Crippen LogP contribution in [0.4, 0.5) is 5.82 Å². The van der Waals surface area contributed by atoms with Crippen LogP contribution in [0.25, 0.3) is 11.7 Å². The molecule has 0 atom stereocenters. The molecule has 2 saturated heterocycles. The molecule has 4 heterocycles. The molecule has 1 amide bonds. The molecule has 0 aromatic carbocycles. The zero-order valence-electron chi connectivity index (χ0n) is 15.7. The van der Waals surface area contributed by atoms with E-state index in [2.05, 4.69) is 0 Å². The van der Waals surface area contributed by atoms with Crippen molar-refractivity contribution in [3.63, 3.8) is 0 Å². The maximum Gasteiger partial charge on any atom is 0.267 e. The summed E-state index contributed by atoms with van der Waals surface area (Å²) < 4.78 is 7.49. The van der Waals surface area contributed by atoms with Crippen LogP contribution < -0.4 is 10.5 Å². The zero-order chi connectivity index (χ0) is 19.8. The monoisotopic (exact) mass is 416 g/mol. The minimum absolute atomic E-state index is 0.167. The number of aromatic nitrogens is 2. The number of anilines is 1. The van der Waals surface area contributed by atoms with Crippen molar-refractivity contribution < 1.29 is 9.53 Å². The lowest BCUT2D eigenvalue weighted by Gasteiger charge is -2.29. The fourth-order valence-electron chi connectivity index (χ4n) is 3.35. The molecule has 0 bridgehead atoms. The summed E-state index contributed by atoms with van der Waals surface area (Å²) in [5, 5.41) is 0. The Hall–Kier alpha value is -2.23. The molecule has 2 aliphatic rings. The summed E-state index contributed by atoms with van der Waals surface area (Å²) >= 11 is 6.52. The van der Waals surface area contributed by atoms with E-state index in [0.717, 1.165) is 5.56 Å². The lowest BCUT2D eigenvalue weighted by Crippen LogP contribution is -2.38. The molecule has 7 nitrogen and oxygen atoms in total. The average Bonchev–Trinajstić information content (AvgIpc) is 2.97. The number of hydrogen-bond donors (Lipinski definition) is 0. The Morgan fingerprint density at radius 1 is 1.32 bits per heavy atom. The molecule has 28 heavy (non-hydrogen) atoms. The summed E-state index contributed by atoms with van der Waals surface area (Å²) in [6.07, 6.45) is 3.35. The van der Waals surface area contributed by atoms with Gasteiger partial charge in [-0.25, -0.2) is 4.98 Å². The molecular weight excluding hydrogens is 396 g/mol. The van der Waals surface area contributed by atoms with Crippen molar-refractivity contribution in [3.8, 4) is 0 Å². The molecule has 0 N–H and O–H groups in total. The van der Waals surface area contributed by atoms with Gasteiger partial charge in [0.15, 0.2) is 0 Å². The highest BCUT2D eigenvalue weighted by atomic mass is 32.2. The largest absolute Gasteiger partial charge is 0.378 e. The normalized spacial score (nSPS) is 19.3. The van der Waals surface area contributed by atoms with Gasteiger partial charge in [-0.15, -0.1) is 0 Å². The summed E-state index contributed by atoms with van der Waals surface area (Å²) in [6.45, 7) is 6.75. The van der Waals surface area contributed by atoms with Crippen molar-refractivity contribution in [1.29, 1.82) is 0 Å². The van der Waals surface area contributed by atoms with Crippen molar-refractivity contribution in [3.05, 3.63) is 44.7 Å².